The average Bonchev–Trinajstić information content (AvgIpc) is 2.29. The molecule has 4 bridgehead atoms. The van der Waals surface area contributed by atoms with E-state index in [2.05, 4.69) is 6.26 Å². The molecule has 0 nitrogen and oxygen atoms in total. The fourth-order valence-electron chi connectivity index (χ4n) is 3.32. The molecule has 0 aromatic carbocycles. The van der Waals surface area contributed by atoms with Crippen LogP contribution >= 0.6 is 11.8 Å². The third-order valence-corrected chi connectivity index (χ3v) is 4.90. The summed E-state index contributed by atoms with van der Waals surface area (Å²) in [6, 6.07) is 0. The number of hydrogen-bond donors (Lipinski definition) is 0. The van der Waals surface area contributed by atoms with Gasteiger partial charge in [0.1, 0.15) is 6.17 Å². The van der Waals surface area contributed by atoms with Crippen molar-refractivity contribution in [1.82, 2.24) is 0 Å². The fourth-order valence-corrected chi connectivity index (χ4v) is 4.62. The molecule has 0 unspecified atom stereocenters. The Kier molecular flexibility index (Phi) is 0.908. The quantitative estimate of drug-likeness (QED) is 0.562. The first kappa shape index (κ1) is 5.87. The van der Waals surface area contributed by atoms with Gasteiger partial charge in [-0.3, -0.25) is 0 Å². The minimum atomic E-state index is -0.410. The van der Waals surface area contributed by atoms with Gasteiger partial charge in [0.05, 0.1) is 0 Å². The Morgan fingerprint density at radius 2 is 2.10 bits per heavy atom. The molecule has 0 saturated heterocycles. The van der Waals surface area contributed by atoms with E-state index in [9.17, 15) is 4.39 Å². The van der Waals surface area contributed by atoms with Crippen LogP contribution in [0.4, 0.5) is 4.39 Å². The first-order valence-corrected chi connectivity index (χ1v) is 5.30. The fraction of sp³-hybridized carbons (Fsp3) is 1.00. The summed E-state index contributed by atoms with van der Waals surface area (Å²) in [5.41, 5.74) is 0. The Morgan fingerprint density at radius 1 is 1.30 bits per heavy atom. The summed E-state index contributed by atoms with van der Waals surface area (Å²) in [6.07, 6.45) is 2.93. The van der Waals surface area contributed by atoms with Crippen LogP contribution in [0.5, 0.6) is 0 Å². The van der Waals surface area contributed by atoms with Crippen molar-refractivity contribution in [3.63, 3.8) is 0 Å². The van der Waals surface area contributed by atoms with Crippen LogP contribution in [-0.4, -0.2) is 17.7 Å². The molecule has 0 N–H and O–H groups in total. The SMILES string of the molecule is CS[C@H]1[C@H]2C[C@H]3[C@@H]([C@@H]2F)[C@H]31. The molecule has 0 aliphatic heterocycles. The van der Waals surface area contributed by atoms with Gasteiger partial charge >= 0.3 is 0 Å². The maximum atomic E-state index is 13.2. The van der Waals surface area contributed by atoms with E-state index in [-0.39, 0.29) is 0 Å². The number of halogens is 1. The molecule has 4 aliphatic rings. The molecular weight excluding hydrogens is 147 g/mol. The molecule has 4 aliphatic carbocycles. The van der Waals surface area contributed by atoms with Crippen LogP contribution in [0.25, 0.3) is 0 Å². The molecule has 4 rings (SSSR count). The monoisotopic (exact) mass is 158 g/mol. The zero-order chi connectivity index (χ0) is 6.88. The highest BCUT2D eigenvalue weighted by molar-refractivity contribution is 7.99. The van der Waals surface area contributed by atoms with Crippen molar-refractivity contribution < 1.29 is 4.39 Å². The number of thioether (sulfide) groups is 1. The normalized spacial score (nSPS) is 69.0. The van der Waals surface area contributed by atoms with Crippen molar-refractivity contribution in [1.29, 1.82) is 0 Å². The molecule has 4 saturated carbocycles. The van der Waals surface area contributed by atoms with Crippen molar-refractivity contribution >= 4 is 11.8 Å². The first-order chi connectivity index (χ1) is 4.84. The summed E-state index contributed by atoms with van der Waals surface area (Å²) in [5, 5.41) is 0.699. The van der Waals surface area contributed by atoms with E-state index in [1.54, 1.807) is 0 Å². The Morgan fingerprint density at radius 3 is 2.30 bits per heavy atom. The number of rotatable bonds is 1. The topological polar surface area (TPSA) is 0 Å². The summed E-state index contributed by atoms with van der Waals surface area (Å²) in [7, 11) is 0. The second-order valence-corrected chi connectivity index (χ2v) is 4.88. The minimum Gasteiger partial charge on any atom is -0.247 e. The second kappa shape index (κ2) is 1.55. The molecule has 2 heteroatoms. The highest BCUT2D eigenvalue weighted by atomic mass is 32.2. The lowest BCUT2D eigenvalue weighted by Gasteiger charge is -2.11. The second-order valence-electron chi connectivity index (χ2n) is 3.86. The first-order valence-electron chi connectivity index (χ1n) is 4.01. The van der Waals surface area contributed by atoms with E-state index in [0.717, 1.165) is 11.8 Å². The van der Waals surface area contributed by atoms with E-state index in [1.807, 2.05) is 11.8 Å². The molecular formula is C8H11FS. The van der Waals surface area contributed by atoms with E-state index in [1.165, 1.54) is 6.42 Å². The van der Waals surface area contributed by atoms with Gasteiger partial charge in [0.15, 0.2) is 0 Å². The number of hydrogen-bond acceptors (Lipinski definition) is 1. The van der Waals surface area contributed by atoms with Crippen LogP contribution < -0.4 is 0 Å². The molecule has 6 atom stereocenters. The highest BCUT2D eigenvalue weighted by Gasteiger charge is 2.73. The molecule has 0 heterocycles. The molecule has 4 fully saturated rings. The Balaban J connectivity index is 1.95. The third-order valence-electron chi connectivity index (χ3n) is 3.69. The van der Waals surface area contributed by atoms with Gasteiger partial charge in [-0.25, -0.2) is 4.39 Å². The van der Waals surface area contributed by atoms with Crippen molar-refractivity contribution in [2.24, 2.45) is 23.7 Å². The maximum Gasteiger partial charge on any atom is 0.107 e. The van der Waals surface area contributed by atoms with Crippen LogP contribution in [0, 0.1) is 23.7 Å². The zero-order valence-electron chi connectivity index (χ0n) is 5.96. The maximum absolute atomic E-state index is 13.2. The van der Waals surface area contributed by atoms with Crippen molar-refractivity contribution in [2.75, 3.05) is 6.26 Å². The summed E-state index contributed by atoms with van der Waals surface area (Å²) in [5.74, 6) is 2.59. The van der Waals surface area contributed by atoms with Gasteiger partial charge in [-0.05, 0) is 30.4 Å². The van der Waals surface area contributed by atoms with E-state index in [4.69, 9.17) is 0 Å². The van der Waals surface area contributed by atoms with E-state index in [0.29, 0.717) is 17.1 Å². The van der Waals surface area contributed by atoms with Gasteiger partial charge in [0, 0.05) is 11.2 Å². The van der Waals surface area contributed by atoms with Crippen molar-refractivity contribution in [2.45, 2.75) is 17.8 Å². The molecule has 0 aromatic heterocycles. The van der Waals surface area contributed by atoms with Gasteiger partial charge in [0.25, 0.3) is 0 Å². The molecule has 0 amide bonds. The minimum absolute atomic E-state index is 0.410. The van der Waals surface area contributed by atoms with Crippen LogP contribution in [-0.2, 0) is 0 Å². The summed E-state index contributed by atoms with van der Waals surface area (Å²) in [4.78, 5) is 0. The van der Waals surface area contributed by atoms with Crippen LogP contribution in [0.1, 0.15) is 6.42 Å². The molecule has 0 radical (unpaired) electrons. The summed E-state index contributed by atoms with van der Waals surface area (Å²) in [6.45, 7) is 0. The van der Waals surface area contributed by atoms with Crippen molar-refractivity contribution in [3.05, 3.63) is 0 Å². The molecule has 0 spiro atoms. The lowest BCUT2D eigenvalue weighted by atomic mass is 10.1. The van der Waals surface area contributed by atoms with Crippen LogP contribution in [0.3, 0.4) is 0 Å². The predicted molar refractivity (Wildman–Crippen MR) is 40.8 cm³/mol. The number of alkyl halides is 1. The predicted octanol–water partition coefficient (Wildman–Crippen LogP) is 1.95. The molecule has 10 heavy (non-hydrogen) atoms. The largest absolute Gasteiger partial charge is 0.247 e. The van der Waals surface area contributed by atoms with Crippen molar-refractivity contribution in [3.8, 4) is 0 Å². The Labute approximate surface area is 64.6 Å². The molecule has 56 valence electrons. The summed E-state index contributed by atoms with van der Waals surface area (Å²) < 4.78 is 13.2. The Bertz CT molecular complexity index is 182. The van der Waals surface area contributed by atoms with Crippen LogP contribution in [0.2, 0.25) is 0 Å². The molecule has 0 aromatic rings. The zero-order valence-corrected chi connectivity index (χ0v) is 6.77. The highest BCUT2D eigenvalue weighted by Crippen LogP contribution is 2.73. The standard InChI is InChI=1S/C8H11FS/c1-10-8-4-2-3-5(6(3)8)7(4)9/h3-8H,2H2,1H3/t3-,4-,5+,6-,7+,8-/m0/s1. The lowest BCUT2D eigenvalue weighted by molar-refractivity contribution is 0.273. The van der Waals surface area contributed by atoms with Gasteiger partial charge < -0.3 is 0 Å². The third kappa shape index (κ3) is 0.421. The smallest absolute Gasteiger partial charge is 0.107 e. The van der Waals surface area contributed by atoms with E-state index < -0.39 is 6.17 Å². The average molecular weight is 158 g/mol. The lowest BCUT2D eigenvalue weighted by Crippen LogP contribution is -2.13. The van der Waals surface area contributed by atoms with Gasteiger partial charge in [-0.1, -0.05) is 0 Å². The van der Waals surface area contributed by atoms with Gasteiger partial charge in [0.2, 0.25) is 0 Å². The van der Waals surface area contributed by atoms with Crippen LogP contribution in [0.15, 0.2) is 0 Å². The van der Waals surface area contributed by atoms with Gasteiger partial charge in [-0.15, -0.1) is 0 Å². The Hall–Kier alpha value is 0.280. The van der Waals surface area contributed by atoms with Gasteiger partial charge in [-0.2, -0.15) is 11.8 Å². The van der Waals surface area contributed by atoms with E-state index >= 15 is 0 Å². The summed E-state index contributed by atoms with van der Waals surface area (Å²) >= 11 is 1.90.